The average Bonchev–Trinajstić information content (AvgIpc) is 3.34. The van der Waals surface area contributed by atoms with Crippen molar-refractivity contribution in [2.24, 2.45) is 0 Å². The standard InChI is InChI=1S/C28H27NO6S3/c1-7-35-18-10-8-9-17-19(27-37-21(25(31)33-5)22(38-27)26(32)34-6)23(36)28(3,4)29(20(17)18)24(30)16-13-11-15(2)12-14-16/h8-14H,7H2,1-6H3. The Hall–Kier alpha value is -3.08. The maximum atomic E-state index is 14.0. The summed E-state index contributed by atoms with van der Waals surface area (Å²) in [7, 11) is 2.51. The fraction of sp³-hybridized carbons (Fsp3) is 0.286. The molecule has 7 nitrogen and oxygen atoms in total. The zero-order valence-electron chi connectivity index (χ0n) is 21.9. The van der Waals surface area contributed by atoms with Crippen molar-refractivity contribution in [2.75, 3.05) is 25.7 Å². The van der Waals surface area contributed by atoms with Crippen molar-refractivity contribution in [1.82, 2.24) is 0 Å². The summed E-state index contributed by atoms with van der Waals surface area (Å²) < 4.78 is 16.5. The molecular formula is C28H27NO6S3. The van der Waals surface area contributed by atoms with Crippen LogP contribution < -0.4 is 9.64 Å². The summed E-state index contributed by atoms with van der Waals surface area (Å²) in [6.45, 7) is 8.00. The van der Waals surface area contributed by atoms with E-state index in [9.17, 15) is 14.4 Å². The minimum Gasteiger partial charge on any atom is -0.492 e. The first-order chi connectivity index (χ1) is 18.1. The van der Waals surface area contributed by atoms with Crippen molar-refractivity contribution in [1.29, 1.82) is 0 Å². The monoisotopic (exact) mass is 569 g/mol. The molecule has 0 saturated carbocycles. The Morgan fingerprint density at radius 2 is 1.53 bits per heavy atom. The molecule has 2 aromatic carbocycles. The maximum absolute atomic E-state index is 14.0. The van der Waals surface area contributed by atoms with E-state index in [1.54, 1.807) is 17.0 Å². The number of rotatable bonds is 5. The fourth-order valence-electron chi connectivity index (χ4n) is 4.27. The van der Waals surface area contributed by atoms with Crippen LogP contribution in [-0.4, -0.2) is 49.1 Å². The van der Waals surface area contributed by atoms with Gasteiger partial charge in [0.2, 0.25) is 0 Å². The van der Waals surface area contributed by atoms with Crippen LogP contribution in [0.1, 0.15) is 42.3 Å². The lowest BCUT2D eigenvalue weighted by Gasteiger charge is -2.45. The van der Waals surface area contributed by atoms with Gasteiger partial charge in [-0.3, -0.25) is 9.69 Å². The molecule has 0 aliphatic carbocycles. The highest BCUT2D eigenvalue weighted by molar-refractivity contribution is 8.29. The number of aryl methyl sites for hydroxylation is 1. The number of carbonyl (C=O) groups is 3. The number of hydrogen-bond acceptors (Lipinski definition) is 9. The molecule has 4 rings (SSSR count). The molecule has 38 heavy (non-hydrogen) atoms. The zero-order chi connectivity index (χ0) is 27.8. The lowest BCUT2D eigenvalue weighted by atomic mass is 9.82. The van der Waals surface area contributed by atoms with Gasteiger partial charge < -0.3 is 14.2 Å². The minimum atomic E-state index is -0.958. The molecule has 198 valence electrons. The van der Waals surface area contributed by atoms with E-state index in [1.807, 2.05) is 58.0 Å². The van der Waals surface area contributed by atoms with Crippen molar-refractivity contribution >= 4 is 69.7 Å². The molecule has 2 aliphatic rings. The molecule has 0 radical (unpaired) electrons. The van der Waals surface area contributed by atoms with Crippen molar-refractivity contribution in [3.8, 4) is 5.75 Å². The number of methoxy groups -OCH3 is 2. The second kappa shape index (κ2) is 11.0. The van der Waals surface area contributed by atoms with Crippen LogP contribution in [0, 0.1) is 6.92 Å². The number of amides is 1. The third-order valence-corrected chi connectivity index (χ3v) is 9.44. The van der Waals surface area contributed by atoms with E-state index in [2.05, 4.69) is 0 Å². The number of anilines is 1. The number of carbonyl (C=O) groups excluding carboxylic acids is 3. The van der Waals surface area contributed by atoms with Gasteiger partial charge in [-0.05, 0) is 45.9 Å². The molecule has 0 atom stereocenters. The molecule has 2 heterocycles. The Morgan fingerprint density at radius 3 is 2.05 bits per heavy atom. The second-order valence-electron chi connectivity index (χ2n) is 8.99. The van der Waals surface area contributed by atoms with E-state index in [0.717, 1.165) is 29.1 Å². The number of fused-ring (bicyclic) bond motifs is 1. The summed E-state index contributed by atoms with van der Waals surface area (Å²) in [4.78, 5) is 41.6. The smallest absolute Gasteiger partial charge is 0.346 e. The highest BCUT2D eigenvalue weighted by Crippen LogP contribution is 2.57. The molecule has 2 aromatic rings. The number of benzene rings is 2. The van der Waals surface area contributed by atoms with Gasteiger partial charge in [-0.2, -0.15) is 0 Å². The number of hydrogen-bond donors (Lipinski definition) is 0. The molecule has 0 bridgehead atoms. The van der Waals surface area contributed by atoms with Crippen LogP contribution in [0.5, 0.6) is 5.75 Å². The van der Waals surface area contributed by atoms with E-state index in [-0.39, 0.29) is 15.7 Å². The molecular weight excluding hydrogens is 543 g/mol. The van der Waals surface area contributed by atoms with Crippen LogP contribution in [0.15, 0.2) is 56.5 Å². The predicted molar refractivity (Wildman–Crippen MR) is 155 cm³/mol. The lowest BCUT2D eigenvalue weighted by molar-refractivity contribution is -0.138. The van der Waals surface area contributed by atoms with Gasteiger partial charge in [-0.25, -0.2) is 9.59 Å². The quantitative estimate of drug-likeness (QED) is 0.248. The van der Waals surface area contributed by atoms with E-state index >= 15 is 0 Å². The van der Waals surface area contributed by atoms with Gasteiger partial charge in [-0.1, -0.05) is 65.6 Å². The van der Waals surface area contributed by atoms with E-state index in [0.29, 0.717) is 43.8 Å². The Morgan fingerprint density at radius 1 is 0.947 bits per heavy atom. The Balaban J connectivity index is 1.96. The average molecular weight is 570 g/mol. The third-order valence-electron chi connectivity index (χ3n) is 6.18. The van der Waals surface area contributed by atoms with Gasteiger partial charge in [0.1, 0.15) is 15.6 Å². The van der Waals surface area contributed by atoms with Crippen LogP contribution in [-0.2, 0) is 19.1 Å². The largest absolute Gasteiger partial charge is 0.492 e. The SMILES string of the molecule is CCOc1cccc2c1N(C(=O)c1ccc(C)cc1)C(C)(C)C(=S)C2=C1SC(C(=O)OC)=C(C(=O)OC)S1. The van der Waals surface area contributed by atoms with Crippen LogP contribution in [0.4, 0.5) is 5.69 Å². The molecule has 0 unspecified atom stereocenters. The van der Waals surface area contributed by atoms with Crippen LogP contribution in [0.25, 0.3) is 5.57 Å². The molecule has 2 aliphatic heterocycles. The first-order valence-electron chi connectivity index (χ1n) is 11.8. The van der Waals surface area contributed by atoms with Crippen molar-refractivity contribution in [3.05, 3.63) is 73.2 Å². The molecule has 1 amide bonds. The van der Waals surface area contributed by atoms with Gasteiger partial charge in [0.25, 0.3) is 5.91 Å². The number of thiocarbonyl (C=S) groups is 1. The summed E-state index contributed by atoms with van der Waals surface area (Å²) in [5.41, 5.74) is 2.51. The molecule has 0 spiro atoms. The summed E-state index contributed by atoms with van der Waals surface area (Å²) in [5.74, 6) is -0.968. The van der Waals surface area contributed by atoms with Gasteiger partial charge in [0.05, 0.1) is 41.2 Å². The normalized spacial score (nSPS) is 16.4. The predicted octanol–water partition coefficient (Wildman–Crippen LogP) is 5.91. The second-order valence-corrected chi connectivity index (χ2v) is 11.7. The summed E-state index contributed by atoms with van der Waals surface area (Å²) >= 11 is 8.27. The van der Waals surface area contributed by atoms with E-state index in [4.69, 9.17) is 26.4 Å². The number of esters is 2. The molecule has 0 fully saturated rings. The van der Waals surface area contributed by atoms with Crippen LogP contribution in [0.3, 0.4) is 0 Å². The zero-order valence-corrected chi connectivity index (χ0v) is 24.3. The van der Waals surface area contributed by atoms with Crippen LogP contribution in [0.2, 0.25) is 0 Å². The highest BCUT2D eigenvalue weighted by atomic mass is 32.2. The Bertz CT molecular complexity index is 1380. The molecule has 0 N–H and O–H groups in total. The fourth-order valence-corrected chi connectivity index (χ4v) is 7.31. The molecule has 0 aromatic heterocycles. The Kier molecular flexibility index (Phi) is 8.06. The lowest BCUT2D eigenvalue weighted by Crippen LogP contribution is -2.56. The number of ether oxygens (including phenoxy) is 3. The maximum Gasteiger partial charge on any atom is 0.346 e. The number of nitrogens with zero attached hydrogens (tertiary/aromatic N) is 1. The number of thioether (sulfide) groups is 2. The summed E-state index contributed by atoms with van der Waals surface area (Å²) in [6.07, 6.45) is 0. The van der Waals surface area contributed by atoms with Gasteiger partial charge >= 0.3 is 11.9 Å². The first-order valence-corrected chi connectivity index (χ1v) is 13.8. The van der Waals surface area contributed by atoms with E-state index in [1.165, 1.54) is 14.2 Å². The van der Waals surface area contributed by atoms with Gasteiger partial charge in [0.15, 0.2) is 0 Å². The summed E-state index contributed by atoms with van der Waals surface area (Å²) in [5, 5.41) is 0. The van der Waals surface area contributed by atoms with Crippen molar-refractivity contribution in [2.45, 2.75) is 33.2 Å². The van der Waals surface area contributed by atoms with Crippen LogP contribution >= 0.6 is 35.7 Å². The minimum absolute atomic E-state index is 0.133. The highest BCUT2D eigenvalue weighted by Gasteiger charge is 2.47. The number of para-hydroxylation sites is 1. The van der Waals surface area contributed by atoms with Gasteiger partial charge in [0, 0.05) is 16.7 Å². The topological polar surface area (TPSA) is 82.1 Å². The van der Waals surface area contributed by atoms with Gasteiger partial charge in [-0.15, -0.1) is 0 Å². The first kappa shape index (κ1) is 27.9. The molecule has 0 saturated heterocycles. The Labute approximate surface area is 235 Å². The summed E-state index contributed by atoms with van der Waals surface area (Å²) in [6, 6.07) is 12.9. The third kappa shape index (κ3) is 4.76. The van der Waals surface area contributed by atoms with Crippen molar-refractivity contribution in [3.63, 3.8) is 0 Å². The van der Waals surface area contributed by atoms with Crippen molar-refractivity contribution < 1.29 is 28.6 Å². The van der Waals surface area contributed by atoms with E-state index < -0.39 is 17.5 Å². The molecule has 10 heteroatoms.